The van der Waals surface area contributed by atoms with Gasteiger partial charge in [0.25, 0.3) is 5.91 Å². The van der Waals surface area contributed by atoms with Gasteiger partial charge in [0, 0.05) is 43.8 Å². The Bertz CT molecular complexity index is 460. The van der Waals surface area contributed by atoms with Crippen molar-refractivity contribution in [2.45, 2.75) is 31.7 Å². The number of nitrogens with zero attached hydrogens (tertiary/aromatic N) is 2. The molecule has 1 fully saturated rings. The summed E-state index contributed by atoms with van der Waals surface area (Å²) in [6.07, 6.45) is 4.26. The summed E-state index contributed by atoms with van der Waals surface area (Å²) in [5.41, 5.74) is 1.83. The zero-order valence-electron chi connectivity index (χ0n) is 12.3. The first kappa shape index (κ1) is 15.2. The van der Waals surface area contributed by atoms with Gasteiger partial charge < -0.3 is 9.80 Å². The molecule has 1 aliphatic heterocycles. The van der Waals surface area contributed by atoms with E-state index < -0.39 is 0 Å². The molecule has 0 aromatic heterocycles. The van der Waals surface area contributed by atoms with Gasteiger partial charge in [-0.1, -0.05) is 6.07 Å². The van der Waals surface area contributed by atoms with Gasteiger partial charge in [0.1, 0.15) is 0 Å². The molecule has 110 valence electrons. The van der Waals surface area contributed by atoms with Crippen molar-refractivity contribution >= 4 is 23.2 Å². The average Bonchev–Trinajstić information content (AvgIpc) is 2.47. The van der Waals surface area contributed by atoms with Gasteiger partial charge in [-0.15, -0.1) is 11.6 Å². The van der Waals surface area contributed by atoms with Gasteiger partial charge in [0.2, 0.25) is 0 Å². The molecule has 0 bridgehead atoms. The summed E-state index contributed by atoms with van der Waals surface area (Å²) in [5.74, 6) is 0.759. The molecule has 2 rings (SSSR count). The van der Waals surface area contributed by atoms with E-state index in [1.807, 2.05) is 48.2 Å². The number of benzene rings is 1. The zero-order valence-corrected chi connectivity index (χ0v) is 13.1. The van der Waals surface area contributed by atoms with Crippen LogP contribution in [0.25, 0.3) is 0 Å². The van der Waals surface area contributed by atoms with Crippen LogP contribution in [-0.4, -0.2) is 43.4 Å². The number of amides is 1. The third kappa shape index (κ3) is 3.45. The van der Waals surface area contributed by atoms with Crippen LogP contribution in [0.1, 0.15) is 36.0 Å². The molecule has 1 aliphatic rings. The number of hydrogen-bond acceptors (Lipinski definition) is 2. The normalized spacial score (nSPS) is 18.9. The minimum absolute atomic E-state index is 0.142. The molecule has 1 aromatic carbocycles. The third-order valence-corrected chi connectivity index (χ3v) is 4.16. The molecule has 1 heterocycles. The van der Waals surface area contributed by atoms with E-state index in [0.29, 0.717) is 11.9 Å². The van der Waals surface area contributed by atoms with E-state index in [-0.39, 0.29) is 5.91 Å². The molecule has 0 N–H and O–H groups in total. The highest BCUT2D eigenvalue weighted by atomic mass is 35.5. The third-order valence-electron chi connectivity index (χ3n) is 3.94. The van der Waals surface area contributed by atoms with Crippen LogP contribution in [0.15, 0.2) is 24.3 Å². The van der Waals surface area contributed by atoms with Crippen molar-refractivity contribution in [2.75, 3.05) is 31.4 Å². The first-order valence-electron chi connectivity index (χ1n) is 7.28. The Morgan fingerprint density at radius 1 is 1.40 bits per heavy atom. The highest BCUT2D eigenvalue weighted by Gasteiger charge is 2.27. The van der Waals surface area contributed by atoms with E-state index in [1.165, 1.54) is 6.42 Å². The Labute approximate surface area is 126 Å². The van der Waals surface area contributed by atoms with Crippen molar-refractivity contribution < 1.29 is 4.79 Å². The Morgan fingerprint density at radius 3 is 2.90 bits per heavy atom. The lowest BCUT2D eigenvalue weighted by Gasteiger charge is -2.35. The fourth-order valence-electron chi connectivity index (χ4n) is 2.78. The predicted octanol–water partition coefficient (Wildman–Crippen LogP) is 3.38. The lowest BCUT2D eigenvalue weighted by Crippen LogP contribution is -2.44. The number of carbonyl (C=O) groups excluding carboxylic acids is 1. The van der Waals surface area contributed by atoms with Crippen LogP contribution >= 0.6 is 11.6 Å². The van der Waals surface area contributed by atoms with Crippen LogP contribution < -0.4 is 4.90 Å². The quantitative estimate of drug-likeness (QED) is 0.795. The van der Waals surface area contributed by atoms with Crippen molar-refractivity contribution in [3.05, 3.63) is 29.8 Å². The van der Waals surface area contributed by atoms with Gasteiger partial charge in [0.05, 0.1) is 0 Å². The molecular weight excluding hydrogens is 272 g/mol. The molecule has 1 amide bonds. The minimum Gasteiger partial charge on any atom is -0.378 e. The standard InChI is InChI=1S/C16H23ClN2O/c1-18(2)15-8-5-6-13(12-15)16(20)19-11-4-3-7-14(19)9-10-17/h5-6,8,12,14H,3-4,7,9-11H2,1-2H3. The van der Waals surface area contributed by atoms with Crippen LogP contribution in [-0.2, 0) is 0 Å². The second-order valence-corrected chi connectivity index (χ2v) is 5.95. The van der Waals surface area contributed by atoms with Crippen LogP contribution in [0.2, 0.25) is 0 Å². The van der Waals surface area contributed by atoms with E-state index in [0.717, 1.165) is 37.1 Å². The summed E-state index contributed by atoms with van der Waals surface area (Å²) in [6, 6.07) is 8.14. The molecule has 0 saturated carbocycles. The van der Waals surface area contributed by atoms with Crippen LogP contribution in [0, 0.1) is 0 Å². The Balaban J connectivity index is 2.18. The van der Waals surface area contributed by atoms with Crippen molar-refractivity contribution in [1.29, 1.82) is 0 Å². The topological polar surface area (TPSA) is 23.6 Å². The maximum absolute atomic E-state index is 12.7. The molecule has 20 heavy (non-hydrogen) atoms. The maximum atomic E-state index is 12.7. The fourth-order valence-corrected chi connectivity index (χ4v) is 3.03. The molecule has 0 spiro atoms. The van der Waals surface area contributed by atoms with Crippen LogP contribution in [0.4, 0.5) is 5.69 Å². The van der Waals surface area contributed by atoms with E-state index in [9.17, 15) is 4.79 Å². The van der Waals surface area contributed by atoms with Crippen molar-refractivity contribution in [2.24, 2.45) is 0 Å². The summed E-state index contributed by atoms with van der Waals surface area (Å²) in [4.78, 5) is 16.8. The SMILES string of the molecule is CN(C)c1cccc(C(=O)N2CCCCC2CCCl)c1. The van der Waals surface area contributed by atoms with Gasteiger partial charge in [0.15, 0.2) is 0 Å². The van der Waals surface area contributed by atoms with Crippen LogP contribution in [0.5, 0.6) is 0 Å². The number of hydrogen-bond donors (Lipinski definition) is 0. The van der Waals surface area contributed by atoms with Crippen molar-refractivity contribution in [1.82, 2.24) is 4.90 Å². The van der Waals surface area contributed by atoms with E-state index in [4.69, 9.17) is 11.6 Å². The lowest BCUT2D eigenvalue weighted by molar-refractivity contribution is 0.0609. The number of anilines is 1. The minimum atomic E-state index is 0.142. The largest absolute Gasteiger partial charge is 0.378 e. The number of alkyl halides is 1. The van der Waals surface area contributed by atoms with Gasteiger partial charge in [-0.25, -0.2) is 0 Å². The zero-order chi connectivity index (χ0) is 14.5. The second-order valence-electron chi connectivity index (χ2n) is 5.57. The Morgan fingerprint density at radius 2 is 2.20 bits per heavy atom. The highest BCUT2D eigenvalue weighted by molar-refractivity contribution is 6.17. The molecule has 0 radical (unpaired) electrons. The molecule has 1 unspecified atom stereocenters. The Hall–Kier alpha value is -1.22. The Kier molecular flexibility index (Phi) is 5.30. The monoisotopic (exact) mass is 294 g/mol. The molecule has 1 saturated heterocycles. The number of carbonyl (C=O) groups is 1. The molecule has 1 aromatic rings. The summed E-state index contributed by atoms with van der Waals surface area (Å²) >= 11 is 5.87. The van der Waals surface area contributed by atoms with E-state index >= 15 is 0 Å². The number of piperidine rings is 1. The predicted molar refractivity (Wildman–Crippen MR) is 84.8 cm³/mol. The second kappa shape index (κ2) is 6.98. The number of likely N-dealkylation sites (tertiary alicyclic amines) is 1. The molecular formula is C16H23ClN2O. The summed E-state index contributed by atoms with van der Waals surface area (Å²) in [5, 5.41) is 0. The van der Waals surface area contributed by atoms with E-state index in [1.54, 1.807) is 0 Å². The van der Waals surface area contributed by atoms with Gasteiger partial charge >= 0.3 is 0 Å². The van der Waals surface area contributed by atoms with Crippen LogP contribution in [0.3, 0.4) is 0 Å². The summed E-state index contributed by atoms with van der Waals surface area (Å²) in [6.45, 7) is 0.854. The molecule has 0 aliphatic carbocycles. The average molecular weight is 295 g/mol. The number of halogens is 1. The first-order chi connectivity index (χ1) is 9.63. The smallest absolute Gasteiger partial charge is 0.254 e. The first-order valence-corrected chi connectivity index (χ1v) is 7.81. The maximum Gasteiger partial charge on any atom is 0.254 e. The number of rotatable bonds is 4. The summed E-state index contributed by atoms with van der Waals surface area (Å²) in [7, 11) is 3.97. The highest BCUT2D eigenvalue weighted by Crippen LogP contribution is 2.23. The van der Waals surface area contributed by atoms with Gasteiger partial charge in [-0.2, -0.15) is 0 Å². The van der Waals surface area contributed by atoms with Gasteiger partial charge in [-0.05, 0) is 43.9 Å². The fraction of sp³-hybridized carbons (Fsp3) is 0.562. The molecule has 3 nitrogen and oxygen atoms in total. The molecule has 4 heteroatoms. The van der Waals surface area contributed by atoms with Gasteiger partial charge in [-0.3, -0.25) is 4.79 Å². The van der Waals surface area contributed by atoms with Crippen molar-refractivity contribution in [3.63, 3.8) is 0 Å². The summed E-state index contributed by atoms with van der Waals surface area (Å²) < 4.78 is 0. The lowest BCUT2D eigenvalue weighted by atomic mass is 9.98. The van der Waals surface area contributed by atoms with E-state index in [2.05, 4.69) is 0 Å². The van der Waals surface area contributed by atoms with Crippen molar-refractivity contribution in [3.8, 4) is 0 Å². The molecule has 1 atom stereocenters.